The lowest BCUT2D eigenvalue weighted by Crippen LogP contribution is -2.03. The highest BCUT2D eigenvalue weighted by atomic mass is 32.1. The van der Waals surface area contributed by atoms with E-state index in [0.717, 1.165) is 22.3 Å². The minimum absolute atomic E-state index is 0.00674. The number of hydrogen-bond acceptors (Lipinski definition) is 3. The van der Waals surface area contributed by atoms with Gasteiger partial charge in [-0.15, -0.1) is 11.3 Å². The number of aromatic nitrogens is 1. The maximum atomic E-state index is 13.7. The van der Waals surface area contributed by atoms with Gasteiger partial charge in [-0.05, 0) is 81.9 Å². The molecule has 0 aliphatic carbocycles. The number of rotatable bonds is 3. The van der Waals surface area contributed by atoms with E-state index in [1.807, 2.05) is 53.8 Å². The first-order chi connectivity index (χ1) is 26.2. The second-order valence-electron chi connectivity index (χ2n) is 14.0. The summed E-state index contributed by atoms with van der Waals surface area (Å²) in [5, 5.41) is 8.90. The van der Waals surface area contributed by atoms with Gasteiger partial charge in [0, 0.05) is 41.7 Å². The zero-order valence-electron chi connectivity index (χ0n) is 28.3. The number of fused-ring (bicyclic) bond motifs is 11. The van der Waals surface area contributed by atoms with E-state index in [1.54, 1.807) is 0 Å². The second kappa shape index (κ2) is 10.6. The molecule has 0 bridgehead atoms. The van der Waals surface area contributed by atoms with Crippen molar-refractivity contribution in [2.45, 2.75) is 0 Å². The number of thiophene rings is 1. The van der Waals surface area contributed by atoms with Gasteiger partial charge in [0.15, 0.2) is 0 Å². The lowest BCUT2D eigenvalue weighted by Gasteiger charge is -2.10. The van der Waals surface area contributed by atoms with Gasteiger partial charge in [0.1, 0.15) is 11.2 Å². The lowest BCUT2D eigenvalue weighted by atomic mass is 9.95. The molecule has 0 aliphatic rings. The molecule has 0 amide bonds. The van der Waals surface area contributed by atoms with E-state index in [9.17, 15) is 4.79 Å². The van der Waals surface area contributed by atoms with Gasteiger partial charge in [0.05, 0.1) is 27.3 Å². The summed E-state index contributed by atoms with van der Waals surface area (Å²) in [4.78, 5) is 13.7. The van der Waals surface area contributed by atoms with Gasteiger partial charge in [-0.25, -0.2) is 0 Å². The smallest absolute Gasteiger partial charge is 0.201 e. The van der Waals surface area contributed by atoms with Gasteiger partial charge in [-0.2, -0.15) is 0 Å². The molecule has 4 aromatic heterocycles. The predicted octanol–water partition coefficient (Wildman–Crippen LogP) is 13.5. The van der Waals surface area contributed by atoms with Crippen molar-refractivity contribution in [1.29, 1.82) is 0 Å². The fourth-order valence-corrected chi connectivity index (χ4v) is 9.98. The van der Waals surface area contributed by atoms with Crippen LogP contribution in [0.5, 0.6) is 0 Å². The van der Waals surface area contributed by atoms with Crippen molar-refractivity contribution in [3.8, 4) is 33.4 Å². The summed E-state index contributed by atoms with van der Waals surface area (Å²) in [5.74, 6) is 0. The van der Waals surface area contributed by atoms with Crippen molar-refractivity contribution in [2.24, 2.45) is 0 Å². The Balaban J connectivity index is 1.00. The molecule has 0 saturated carbocycles. The zero-order valence-corrected chi connectivity index (χ0v) is 29.1. The van der Waals surface area contributed by atoms with Crippen molar-refractivity contribution >= 4 is 91.5 Å². The van der Waals surface area contributed by atoms with Crippen molar-refractivity contribution in [3.63, 3.8) is 0 Å². The highest BCUT2D eigenvalue weighted by molar-refractivity contribution is 7.26. The number of para-hydroxylation sites is 3. The summed E-state index contributed by atoms with van der Waals surface area (Å²) < 4.78 is 11.2. The summed E-state index contributed by atoms with van der Waals surface area (Å²) in [6, 6.07) is 57.7. The third-order valence-electron chi connectivity index (χ3n) is 11.1. The fraction of sp³-hybridized carbons (Fsp3) is 0. The molecule has 12 aromatic rings. The van der Waals surface area contributed by atoms with E-state index in [0.29, 0.717) is 21.9 Å². The average molecular weight is 694 g/mol. The van der Waals surface area contributed by atoms with E-state index in [4.69, 9.17) is 4.42 Å². The van der Waals surface area contributed by atoms with Crippen molar-refractivity contribution in [3.05, 3.63) is 174 Å². The first-order valence-electron chi connectivity index (χ1n) is 17.9. The molecule has 0 fully saturated rings. The van der Waals surface area contributed by atoms with Crippen LogP contribution < -0.4 is 5.43 Å². The quantitative estimate of drug-likeness (QED) is 0.173. The maximum Gasteiger partial charge on any atom is 0.201 e. The highest BCUT2D eigenvalue weighted by Crippen LogP contribution is 2.44. The summed E-state index contributed by atoms with van der Waals surface area (Å²) in [6.45, 7) is 0. The third-order valence-corrected chi connectivity index (χ3v) is 12.4. The molecule has 0 unspecified atom stereocenters. The van der Waals surface area contributed by atoms with Crippen LogP contribution >= 0.6 is 11.3 Å². The summed E-state index contributed by atoms with van der Waals surface area (Å²) in [5.41, 5.74) is 11.6. The molecule has 0 radical (unpaired) electrons. The number of benzene rings is 8. The fourth-order valence-electron chi connectivity index (χ4n) is 8.76. The van der Waals surface area contributed by atoms with Crippen molar-refractivity contribution in [1.82, 2.24) is 4.40 Å². The standard InChI is InChI=1S/C49H27NO2S/c51-48-39-12-2-4-19-43(39)52-44-20-8-13-32(46(44)48)30-10-5-9-28(25-30)29-22-24-45-40(26-29)38-17-6-14-33(49(38)53-45)31-21-23-35-37-16-7-15-36-34-11-1-3-18-41(34)50(47(36)37)42(35)27-31/h1-27H. The molecule has 246 valence electrons. The van der Waals surface area contributed by atoms with Crippen LogP contribution in [0.2, 0.25) is 0 Å². The largest absolute Gasteiger partial charge is 0.456 e. The van der Waals surface area contributed by atoms with Crippen LogP contribution in [-0.2, 0) is 0 Å². The minimum atomic E-state index is -0.00674. The SMILES string of the molecule is O=c1c2ccccc2oc2cccc(-c3cccc(-c4ccc5sc6c(-c7ccc8c9cccc%10c%11ccccc%11n(c8c7)c%109)cccc6c5c4)c3)c12. The molecule has 0 N–H and O–H groups in total. The summed E-state index contributed by atoms with van der Waals surface area (Å²) in [7, 11) is 0. The lowest BCUT2D eigenvalue weighted by molar-refractivity contribution is 0.660. The highest BCUT2D eigenvalue weighted by Gasteiger charge is 2.19. The topological polar surface area (TPSA) is 34.6 Å². The van der Waals surface area contributed by atoms with Crippen LogP contribution in [0.25, 0.3) is 114 Å². The van der Waals surface area contributed by atoms with Gasteiger partial charge in [0.25, 0.3) is 0 Å². The van der Waals surface area contributed by atoms with Crippen molar-refractivity contribution < 1.29 is 4.42 Å². The van der Waals surface area contributed by atoms with Gasteiger partial charge < -0.3 is 8.82 Å². The number of nitrogens with zero attached hydrogens (tertiary/aromatic N) is 1. The Morgan fingerprint density at radius 3 is 2.00 bits per heavy atom. The first kappa shape index (κ1) is 28.9. The summed E-state index contributed by atoms with van der Waals surface area (Å²) >= 11 is 1.86. The Hall–Kier alpha value is -6.75. The Kier molecular flexibility index (Phi) is 5.80. The molecule has 0 aliphatic heterocycles. The van der Waals surface area contributed by atoms with E-state index >= 15 is 0 Å². The van der Waals surface area contributed by atoms with E-state index in [1.165, 1.54) is 69.4 Å². The van der Waals surface area contributed by atoms with Crippen LogP contribution in [0.1, 0.15) is 0 Å². The van der Waals surface area contributed by atoms with E-state index in [2.05, 4.69) is 126 Å². The first-order valence-corrected chi connectivity index (χ1v) is 18.7. The summed E-state index contributed by atoms with van der Waals surface area (Å²) in [6.07, 6.45) is 0. The van der Waals surface area contributed by atoms with Crippen LogP contribution in [0.15, 0.2) is 173 Å². The van der Waals surface area contributed by atoms with Gasteiger partial charge in [-0.1, -0.05) is 115 Å². The molecule has 4 heterocycles. The third kappa shape index (κ3) is 4.01. The zero-order chi connectivity index (χ0) is 34.8. The van der Waals surface area contributed by atoms with E-state index in [-0.39, 0.29) is 5.43 Å². The van der Waals surface area contributed by atoms with Crippen LogP contribution in [0.3, 0.4) is 0 Å². The molecule has 0 atom stereocenters. The van der Waals surface area contributed by atoms with Gasteiger partial charge in [-0.3, -0.25) is 4.79 Å². The van der Waals surface area contributed by atoms with Crippen LogP contribution in [0, 0.1) is 0 Å². The molecule has 4 heteroatoms. The van der Waals surface area contributed by atoms with Gasteiger partial charge >= 0.3 is 0 Å². The molecule has 0 spiro atoms. The molecular weight excluding hydrogens is 667 g/mol. The van der Waals surface area contributed by atoms with Crippen LogP contribution in [0.4, 0.5) is 0 Å². The molecule has 53 heavy (non-hydrogen) atoms. The normalized spacial score (nSPS) is 12.2. The average Bonchev–Trinajstić information content (AvgIpc) is 3.87. The molecule has 0 saturated heterocycles. The van der Waals surface area contributed by atoms with E-state index < -0.39 is 0 Å². The Morgan fingerprint density at radius 2 is 1.08 bits per heavy atom. The van der Waals surface area contributed by atoms with Gasteiger partial charge in [0.2, 0.25) is 5.43 Å². The maximum absolute atomic E-state index is 13.7. The Labute approximate surface area is 306 Å². The van der Waals surface area contributed by atoms with Crippen molar-refractivity contribution in [2.75, 3.05) is 0 Å². The monoisotopic (exact) mass is 693 g/mol. The predicted molar refractivity (Wildman–Crippen MR) is 224 cm³/mol. The van der Waals surface area contributed by atoms with Crippen LogP contribution in [-0.4, -0.2) is 4.40 Å². The Bertz CT molecular complexity index is 3550. The molecule has 12 rings (SSSR count). The molecule has 3 nitrogen and oxygen atoms in total. The molecule has 8 aromatic carbocycles. The Morgan fingerprint density at radius 1 is 0.434 bits per heavy atom. The second-order valence-corrected chi connectivity index (χ2v) is 15.0. The molecular formula is C49H27NO2S. The minimum Gasteiger partial charge on any atom is -0.456 e. The number of hydrogen-bond donors (Lipinski definition) is 0.